The maximum absolute atomic E-state index is 12.3. The molecule has 1 fully saturated rings. The van der Waals surface area contributed by atoms with Gasteiger partial charge in [-0.1, -0.05) is 0 Å². The molecule has 0 saturated carbocycles. The number of fused-ring (bicyclic) bond motifs is 1. The smallest absolute Gasteiger partial charge is 0.351 e. The summed E-state index contributed by atoms with van der Waals surface area (Å²) in [7, 11) is 0. The summed E-state index contributed by atoms with van der Waals surface area (Å²) >= 11 is 0. The summed E-state index contributed by atoms with van der Waals surface area (Å²) in [6.07, 6.45) is 3.56. The minimum Gasteiger partial charge on any atom is -0.388 e. The Morgan fingerprint density at radius 1 is 1.42 bits per heavy atom. The zero-order valence-corrected chi connectivity index (χ0v) is 15.0. The molecule has 132 valence electrons. The third-order valence-corrected chi connectivity index (χ3v) is 5.77. The highest BCUT2D eigenvalue weighted by Crippen LogP contribution is 2.39. The summed E-state index contributed by atoms with van der Waals surface area (Å²) in [6, 6.07) is 1.86. The maximum atomic E-state index is 12.3. The van der Waals surface area contributed by atoms with E-state index in [2.05, 4.69) is 29.6 Å². The number of aryl methyl sites for hydroxylation is 1. The van der Waals surface area contributed by atoms with E-state index in [9.17, 15) is 15.0 Å². The predicted octanol–water partition coefficient (Wildman–Crippen LogP) is 0.752. The number of nitrogens with one attached hydrogen (secondary N) is 1. The van der Waals surface area contributed by atoms with Gasteiger partial charge in [0.05, 0.1) is 6.10 Å². The number of hydrogen-bond donors (Lipinski definition) is 3. The molecule has 1 aliphatic heterocycles. The molecule has 8 heteroatoms. The Kier molecular flexibility index (Phi) is 4.47. The summed E-state index contributed by atoms with van der Waals surface area (Å²) in [5.74, 6) is 0. The van der Waals surface area contributed by atoms with Crippen molar-refractivity contribution in [1.29, 1.82) is 0 Å². The van der Waals surface area contributed by atoms with E-state index in [-0.39, 0.29) is 0 Å². The van der Waals surface area contributed by atoms with Crippen LogP contribution in [0.1, 0.15) is 18.3 Å². The normalized spacial score (nSPS) is 27.9. The van der Waals surface area contributed by atoms with Crippen LogP contribution >= 0.6 is 6.89 Å². The van der Waals surface area contributed by atoms with Crippen LogP contribution in [0.5, 0.6) is 0 Å². The second-order valence-electron chi connectivity index (χ2n) is 7.18. The third-order valence-electron chi connectivity index (χ3n) is 4.30. The fraction of sp³-hybridized carbons (Fsp3) is 0.562. The van der Waals surface area contributed by atoms with E-state index in [1.54, 1.807) is 6.20 Å². The Bertz CT molecular complexity index is 853. The Labute approximate surface area is 140 Å². The standard InChI is InChI=1S/C16H24N3O4P/c1-9-7-10-8-19(16(22)18-14(10)17-9)15-13(21)12(20)11(23-15)5-6-24(2,3)4/h7-8,11-13,15,20-21H,2,5-6H2,1,3-4H3,(H,17,18,22)/t11-,12-,13-,15?/m1/s1. The molecule has 0 bridgehead atoms. The predicted molar refractivity (Wildman–Crippen MR) is 96.4 cm³/mol. The Morgan fingerprint density at radius 3 is 2.79 bits per heavy atom. The van der Waals surface area contributed by atoms with Gasteiger partial charge < -0.3 is 19.9 Å². The minimum atomic E-state index is -1.25. The van der Waals surface area contributed by atoms with Gasteiger partial charge in [0.25, 0.3) is 0 Å². The molecule has 2 aromatic rings. The second kappa shape index (κ2) is 6.15. The fourth-order valence-corrected chi connectivity index (χ4v) is 3.96. The average molecular weight is 353 g/mol. The van der Waals surface area contributed by atoms with Crippen LogP contribution in [0.3, 0.4) is 0 Å². The average Bonchev–Trinajstić information content (AvgIpc) is 2.96. The van der Waals surface area contributed by atoms with E-state index >= 15 is 0 Å². The number of aliphatic hydroxyl groups is 2. The van der Waals surface area contributed by atoms with E-state index in [0.717, 1.165) is 17.2 Å². The van der Waals surface area contributed by atoms with Crippen molar-refractivity contribution < 1.29 is 14.9 Å². The van der Waals surface area contributed by atoms with E-state index in [0.29, 0.717) is 12.1 Å². The van der Waals surface area contributed by atoms with Crippen LogP contribution in [0.2, 0.25) is 0 Å². The first-order valence-corrected chi connectivity index (χ1v) is 11.0. The molecule has 4 atom stereocenters. The topological polar surface area (TPSA) is 100 Å². The molecule has 1 saturated heterocycles. The van der Waals surface area contributed by atoms with Crippen molar-refractivity contribution in [2.45, 2.75) is 37.9 Å². The highest BCUT2D eigenvalue weighted by atomic mass is 31.2. The number of H-pyrrole nitrogens is 1. The Balaban J connectivity index is 1.88. The fourth-order valence-electron chi connectivity index (χ4n) is 3.00. The van der Waals surface area contributed by atoms with Crippen LogP contribution in [-0.4, -0.2) is 68.9 Å². The molecule has 7 nitrogen and oxygen atoms in total. The number of rotatable bonds is 4. The van der Waals surface area contributed by atoms with Crippen LogP contribution in [0, 0.1) is 6.92 Å². The first-order chi connectivity index (χ1) is 11.2. The van der Waals surface area contributed by atoms with E-state index in [1.165, 1.54) is 4.57 Å². The molecular formula is C16H24N3O4P. The quantitative estimate of drug-likeness (QED) is 0.705. The molecule has 1 aliphatic rings. The lowest BCUT2D eigenvalue weighted by Gasteiger charge is -2.18. The molecule has 0 amide bonds. The van der Waals surface area contributed by atoms with Gasteiger partial charge in [0.2, 0.25) is 0 Å². The van der Waals surface area contributed by atoms with Crippen molar-refractivity contribution >= 4 is 24.2 Å². The Morgan fingerprint density at radius 2 is 2.12 bits per heavy atom. The molecule has 3 N–H and O–H groups in total. The van der Waals surface area contributed by atoms with Gasteiger partial charge in [0, 0.05) is 17.3 Å². The number of nitrogens with zero attached hydrogens (tertiary/aromatic N) is 2. The van der Waals surface area contributed by atoms with E-state index in [1.807, 2.05) is 13.0 Å². The Hall–Kier alpha value is -1.40. The number of hydrogen-bond acceptors (Lipinski definition) is 5. The van der Waals surface area contributed by atoms with Gasteiger partial charge >= 0.3 is 5.69 Å². The van der Waals surface area contributed by atoms with Gasteiger partial charge in [-0.2, -0.15) is 4.98 Å². The molecule has 0 spiro atoms. The van der Waals surface area contributed by atoms with Gasteiger partial charge in [-0.3, -0.25) is 4.57 Å². The van der Waals surface area contributed by atoms with Gasteiger partial charge in [-0.05, 0) is 38.9 Å². The molecule has 24 heavy (non-hydrogen) atoms. The molecule has 3 rings (SSSR count). The summed E-state index contributed by atoms with van der Waals surface area (Å²) in [4.78, 5) is 19.2. The summed E-state index contributed by atoms with van der Waals surface area (Å²) in [5.41, 5.74) is 0.871. The minimum absolute atomic E-state index is 0.502. The van der Waals surface area contributed by atoms with Gasteiger partial charge in [0.15, 0.2) is 6.23 Å². The summed E-state index contributed by atoms with van der Waals surface area (Å²) < 4.78 is 7.06. The zero-order valence-electron chi connectivity index (χ0n) is 14.1. The van der Waals surface area contributed by atoms with Crippen LogP contribution in [-0.2, 0) is 4.74 Å². The first kappa shape index (κ1) is 17.4. The molecule has 1 unspecified atom stereocenters. The molecule has 2 aromatic heterocycles. The molecular weight excluding hydrogens is 329 g/mol. The largest absolute Gasteiger partial charge is 0.388 e. The molecule has 0 aromatic carbocycles. The van der Waals surface area contributed by atoms with Crippen molar-refractivity contribution in [3.63, 3.8) is 0 Å². The second-order valence-corrected chi connectivity index (χ2v) is 11.5. The highest BCUT2D eigenvalue weighted by Gasteiger charge is 2.43. The van der Waals surface area contributed by atoms with E-state index in [4.69, 9.17) is 4.74 Å². The van der Waals surface area contributed by atoms with Crippen LogP contribution in [0.4, 0.5) is 0 Å². The summed E-state index contributed by atoms with van der Waals surface area (Å²) in [6.45, 7) is 4.84. The van der Waals surface area contributed by atoms with Crippen LogP contribution in [0.15, 0.2) is 17.1 Å². The SMILES string of the molecule is C=P(C)(C)CC[C@H]1OC(n2cc3cc(C)[nH]c3nc2=O)[C@H](O)[C@@H]1O. The van der Waals surface area contributed by atoms with Crippen molar-refractivity contribution in [2.75, 3.05) is 19.5 Å². The zero-order chi connectivity index (χ0) is 17.6. The number of aromatic nitrogens is 3. The first-order valence-electron chi connectivity index (χ1n) is 7.93. The molecule has 0 radical (unpaired) electrons. The van der Waals surface area contributed by atoms with Crippen molar-refractivity contribution in [2.24, 2.45) is 0 Å². The monoisotopic (exact) mass is 353 g/mol. The van der Waals surface area contributed by atoms with Crippen LogP contribution in [0.25, 0.3) is 11.0 Å². The van der Waals surface area contributed by atoms with Crippen molar-refractivity contribution in [3.8, 4) is 0 Å². The van der Waals surface area contributed by atoms with E-state index < -0.39 is 37.1 Å². The van der Waals surface area contributed by atoms with Gasteiger partial charge in [-0.15, -0.1) is 13.2 Å². The summed E-state index contributed by atoms with van der Waals surface area (Å²) in [5, 5.41) is 21.4. The van der Waals surface area contributed by atoms with Crippen molar-refractivity contribution in [3.05, 3.63) is 28.4 Å². The van der Waals surface area contributed by atoms with Crippen LogP contribution < -0.4 is 5.69 Å². The number of ether oxygens (including phenoxy) is 1. The lowest BCUT2D eigenvalue weighted by atomic mass is 10.1. The van der Waals surface area contributed by atoms with Gasteiger partial charge in [0.1, 0.15) is 17.9 Å². The van der Waals surface area contributed by atoms with Crippen molar-refractivity contribution in [1.82, 2.24) is 14.5 Å². The highest BCUT2D eigenvalue weighted by molar-refractivity contribution is 7.72. The molecule has 3 heterocycles. The van der Waals surface area contributed by atoms with Gasteiger partial charge in [-0.25, -0.2) is 4.79 Å². The molecule has 0 aliphatic carbocycles. The number of aliphatic hydroxyl groups excluding tert-OH is 2. The number of aromatic amines is 1. The lowest BCUT2D eigenvalue weighted by Crippen LogP contribution is -2.35. The maximum Gasteiger partial charge on any atom is 0.351 e. The lowest BCUT2D eigenvalue weighted by molar-refractivity contribution is -0.0399. The third kappa shape index (κ3) is 3.35.